The van der Waals surface area contributed by atoms with Crippen LogP contribution in [0.15, 0.2) is 30.6 Å². The molecule has 1 aromatic heterocycles. The van der Waals surface area contributed by atoms with Crippen molar-refractivity contribution < 1.29 is 4.74 Å². The highest BCUT2D eigenvalue weighted by Crippen LogP contribution is 2.17. The maximum atomic E-state index is 5.17. The second-order valence-corrected chi connectivity index (χ2v) is 4.78. The highest BCUT2D eigenvalue weighted by molar-refractivity contribution is 5.28. The molecule has 0 aliphatic rings. The molecular formula is C15H22N4O. The van der Waals surface area contributed by atoms with Crippen molar-refractivity contribution in [1.29, 1.82) is 0 Å². The Balaban J connectivity index is 1.93. The number of ether oxygens (including phenoxy) is 1. The summed E-state index contributed by atoms with van der Waals surface area (Å²) < 4.78 is 7.12. The lowest BCUT2D eigenvalue weighted by Crippen LogP contribution is -2.21. The van der Waals surface area contributed by atoms with Crippen LogP contribution in [-0.4, -0.2) is 21.9 Å². The van der Waals surface area contributed by atoms with Crippen molar-refractivity contribution in [2.75, 3.05) is 7.11 Å². The van der Waals surface area contributed by atoms with Gasteiger partial charge in [0.05, 0.1) is 13.7 Å². The fraction of sp³-hybridized carbons (Fsp3) is 0.467. The van der Waals surface area contributed by atoms with Gasteiger partial charge in [-0.05, 0) is 31.0 Å². The van der Waals surface area contributed by atoms with Crippen LogP contribution in [0.25, 0.3) is 0 Å². The fourth-order valence-corrected chi connectivity index (χ4v) is 2.08. The highest BCUT2D eigenvalue weighted by atomic mass is 16.5. The van der Waals surface area contributed by atoms with Crippen LogP contribution in [-0.2, 0) is 13.1 Å². The van der Waals surface area contributed by atoms with E-state index in [1.165, 1.54) is 5.56 Å². The standard InChI is InChI=1S/C15H22N4O/c1-4-9-19-15(17-11-18-19)10-16-12(2)13-5-7-14(20-3)8-6-13/h5-8,11-12,16H,4,9-10H2,1-3H3. The van der Waals surface area contributed by atoms with Crippen LogP contribution in [0.4, 0.5) is 0 Å². The van der Waals surface area contributed by atoms with Gasteiger partial charge in [-0.3, -0.25) is 0 Å². The first-order chi connectivity index (χ1) is 9.74. The summed E-state index contributed by atoms with van der Waals surface area (Å²) in [6.45, 7) is 5.91. The Kier molecular flexibility index (Phi) is 5.12. The molecule has 2 rings (SSSR count). The average molecular weight is 274 g/mol. The van der Waals surface area contributed by atoms with Crippen LogP contribution in [0.5, 0.6) is 5.75 Å². The van der Waals surface area contributed by atoms with Gasteiger partial charge in [0.25, 0.3) is 0 Å². The molecule has 1 unspecified atom stereocenters. The molecule has 0 bridgehead atoms. The summed E-state index contributed by atoms with van der Waals surface area (Å²) in [6.07, 6.45) is 2.68. The van der Waals surface area contributed by atoms with Crippen molar-refractivity contribution in [2.45, 2.75) is 39.4 Å². The summed E-state index contributed by atoms with van der Waals surface area (Å²) in [5.74, 6) is 1.86. The smallest absolute Gasteiger partial charge is 0.140 e. The molecule has 5 heteroatoms. The SMILES string of the molecule is CCCn1ncnc1CNC(C)c1ccc(OC)cc1. The van der Waals surface area contributed by atoms with Gasteiger partial charge in [-0.25, -0.2) is 9.67 Å². The van der Waals surface area contributed by atoms with Gasteiger partial charge in [-0.2, -0.15) is 5.10 Å². The molecular weight excluding hydrogens is 252 g/mol. The van der Waals surface area contributed by atoms with Crippen LogP contribution in [0.1, 0.15) is 37.7 Å². The quantitative estimate of drug-likeness (QED) is 0.843. The van der Waals surface area contributed by atoms with Gasteiger partial charge in [0, 0.05) is 12.6 Å². The Labute approximate surface area is 120 Å². The van der Waals surface area contributed by atoms with Crippen molar-refractivity contribution in [1.82, 2.24) is 20.1 Å². The highest BCUT2D eigenvalue weighted by Gasteiger charge is 2.08. The number of rotatable bonds is 7. The van der Waals surface area contributed by atoms with Crippen LogP contribution in [0.2, 0.25) is 0 Å². The first-order valence-electron chi connectivity index (χ1n) is 6.98. The number of aryl methyl sites for hydroxylation is 1. The molecule has 1 aromatic carbocycles. The first kappa shape index (κ1) is 14.5. The van der Waals surface area contributed by atoms with Gasteiger partial charge in [-0.1, -0.05) is 19.1 Å². The van der Waals surface area contributed by atoms with Gasteiger partial charge in [-0.15, -0.1) is 0 Å². The Morgan fingerprint density at radius 2 is 2.05 bits per heavy atom. The Morgan fingerprint density at radius 3 is 2.70 bits per heavy atom. The topological polar surface area (TPSA) is 52.0 Å². The predicted molar refractivity (Wildman–Crippen MR) is 78.6 cm³/mol. The number of benzene rings is 1. The number of nitrogens with one attached hydrogen (secondary N) is 1. The maximum absolute atomic E-state index is 5.17. The fourth-order valence-electron chi connectivity index (χ4n) is 2.08. The Hall–Kier alpha value is -1.88. The van der Waals surface area contributed by atoms with E-state index in [-0.39, 0.29) is 6.04 Å². The third-order valence-electron chi connectivity index (χ3n) is 3.31. The minimum absolute atomic E-state index is 0.257. The monoisotopic (exact) mass is 274 g/mol. The molecule has 0 fully saturated rings. The van der Waals surface area contributed by atoms with E-state index in [2.05, 4.69) is 41.4 Å². The lowest BCUT2D eigenvalue weighted by Gasteiger charge is -2.14. The lowest BCUT2D eigenvalue weighted by molar-refractivity contribution is 0.414. The summed E-state index contributed by atoms with van der Waals surface area (Å²) in [4.78, 5) is 4.30. The third-order valence-corrected chi connectivity index (χ3v) is 3.31. The molecule has 20 heavy (non-hydrogen) atoms. The number of hydrogen-bond acceptors (Lipinski definition) is 4. The molecule has 0 amide bonds. The van der Waals surface area contributed by atoms with Crippen molar-refractivity contribution in [3.63, 3.8) is 0 Å². The molecule has 5 nitrogen and oxygen atoms in total. The molecule has 0 radical (unpaired) electrons. The summed E-state index contributed by atoms with van der Waals surface area (Å²) in [7, 11) is 1.68. The molecule has 2 aromatic rings. The molecule has 0 saturated carbocycles. The number of hydrogen-bond donors (Lipinski definition) is 1. The zero-order valence-corrected chi connectivity index (χ0v) is 12.3. The van der Waals surface area contributed by atoms with E-state index in [0.717, 1.165) is 24.5 Å². The average Bonchev–Trinajstić information content (AvgIpc) is 2.92. The van der Waals surface area contributed by atoms with Crippen LogP contribution < -0.4 is 10.1 Å². The largest absolute Gasteiger partial charge is 0.497 e. The molecule has 0 saturated heterocycles. The van der Waals surface area contributed by atoms with Crippen LogP contribution in [0, 0.1) is 0 Å². The molecule has 1 heterocycles. The molecule has 0 aliphatic heterocycles. The van der Waals surface area contributed by atoms with E-state index in [9.17, 15) is 0 Å². The summed E-state index contributed by atoms with van der Waals surface area (Å²) in [5, 5.41) is 7.70. The lowest BCUT2D eigenvalue weighted by atomic mass is 10.1. The maximum Gasteiger partial charge on any atom is 0.140 e. The van der Waals surface area contributed by atoms with Gasteiger partial charge in [0.1, 0.15) is 17.9 Å². The summed E-state index contributed by atoms with van der Waals surface area (Å²) >= 11 is 0. The predicted octanol–water partition coefficient (Wildman–Crippen LogP) is 2.55. The zero-order valence-electron chi connectivity index (χ0n) is 12.3. The first-order valence-corrected chi connectivity index (χ1v) is 6.98. The van der Waals surface area contributed by atoms with E-state index in [1.54, 1.807) is 13.4 Å². The van der Waals surface area contributed by atoms with E-state index in [0.29, 0.717) is 6.54 Å². The number of aromatic nitrogens is 3. The van der Waals surface area contributed by atoms with E-state index < -0.39 is 0 Å². The second kappa shape index (κ2) is 7.05. The number of nitrogens with zero attached hydrogens (tertiary/aromatic N) is 3. The van der Waals surface area contributed by atoms with Crippen LogP contribution in [0.3, 0.4) is 0 Å². The van der Waals surface area contributed by atoms with E-state index in [1.807, 2.05) is 16.8 Å². The minimum atomic E-state index is 0.257. The normalized spacial score (nSPS) is 12.3. The molecule has 0 aliphatic carbocycles. The molecule has 0 spiro atoms. The Morgan fingerprint density at radius 1 is 1.30 bits per heavy atom. The van der Waals surface area contributed by atoms with Crippen molar-refractivity contribution >= 4 is 0 Å². The van der Waals surface area contributed by atoms with Crippen molar-refractivity contribution in [3.8, 4) is 5.75 Å². The summed E-state index contributed by atoms with van der Waals surface area (Å²) in [5.41, 5.74) is 1.23. The van der Waals surface area contributed by atoms with Crippen molar-refractivity contribution in [3.05, 3.63) is 42.0 Å². The third kappa shape index (κ3) is 3.57. The van der Waals surface area contributed by atoms with Crippen LogP contribution >= 0.6 is 0 Å². The van der Waals surface area contributed by atoms with E-state index >= 15 is 0 Å². The zero-order chi connectivity index (χ0) is 14.4. The van der Waals surface area contributed by atoms with Gasteiger partial charge < -0.3 is 10.1 Å². The Bertz CT molecular complexity index is 521. The van der Waals surface area contributed by atoms with Gasteiger partial charge in [0.15, 0.2) is 0 Å². The molecule has 108 valence electrons. The number of methoxy groups -OCH3 is 1. The van der Waals surface area contributed by atoms with E-state index in [4.69, 9.17) is 4.74 Å². The van der Waals surface area contributed by atoms with Gasteiger partial charge in [0.2, 0.25) is 0 Å². The minimum Gasteiger partial charge on any atom is -0.497 e. The van der Waals surface area contributed by atoms with Gasteiger partial charge >= 0.3 is 0 Å². The molecule has 1 atom stereocenters. The molecule has 1 N–H and O–H groups in total. The second-order valence-electron chi connectivity index (χ2n) is 4.78. The summed E-state index contributed by atoms with van der Waals surface area (Å²) in [6, 6.07) is 8.37. The van der Waals surface area contributed by atoms with Crippen molar-refractivity contribution in [2.24, 2.45) is 0 Å².